The van der Waals surface area contributed by atoms with Crippen LogP contribution in [0.15, 0.2) is 12.7 Å². The fourth-order valence-electron chi connectivity index (χ4n) is 3.43. The van der Waals surface area contributed by atoms with Gasteiger partial charge in [0.1, 0.15) is 11.3 Å². The quantitative estimate of drug-likeness (QED) is 0.495. The summed E-state index contributed by atoms with van der Waals surface area (Å²) in [6.07, 6.45) is 10.6. The number of nitrogen functional groups attached to an aromatic ring is 1. The minimum absolute atomic E-state index is 0.0223. The topological polar surface area (TPSA) is 97.9 Å². The molecule has 7 nitrogen and oxygen atoms in total. The second-order valence-corrected chi connectivity index (χ2v) is 7.05. The number of aryl methyl sites for hydroxylation is 2. The molecule has 0 fully saturated rings. The van der Waals surface area contributed by atoms with Crippen LogP contribution in [0.1, 0.15) is 45.4 Å². The third-order valence-corrected chi connectivity index (χ3v) is 4.84. The molecule has 0 spiro atoms. The molecule has 0 bridgehead atoms. The number of allylic oxidation sites excluding steroid dienone is 1. The molecule has 2 rings (SSSR count). The van der Waals surface area contributed by atoms with Gasteiger partial charge in [0.05, 0.1) is 17.4 Å². The zero-order valence-electron chi connectivity index (χ0n) is 17.9. The van der Waals surface area contributed by atoms with Gasteiger partial charge in [0, 0.05) is 24.7 Å². The lowest BCUT2D eigenvalue weighted by Gasteiger charge is -2.10. The van der Waals surface area contributed by atoms with Crippen LogP contribution in [0.3, 0.4) is 0 Å². The number of nitrogens with two attached hydrogens (primary N) is 1. The molecule has 0 aromatic carbocycles. The van der Waals surface area contributed by atoms with Crippen molar-refractivity contribution in [2.75, 3.05) is 25.9 Å². The van der Waals surface area contributed by atoms with E-state index in [1.165, 1.54) is 0 Å². The minimum atomic E-state index is 0.0223. The number of pyridine rings is 1. The molecule has 0 aliphatic heterocycles. The Bertz CT molecular complexity index is 960. The number of carbonyl (C=O) groups is 1. The zero-order chi connectivity index (χ0) is 21.2. The first-order valence-corrected chi connectivity index (χ1v) is 10.4. The van der Waals surface area contributed by atoms with Crippen LogP contribution in [-0.4, -0.2) is 40.6 Å². The molecule has 0 atom stereocenters. The predicted molar refractivity (Wildman–Crippen MR) is 121 cm³/mol. The number of anilines is 1. The van der Waals surface area contributed by atoms with Gasteiger partial charge in [-0.15, -0.1) is 0 Å². The smallest absolute Gasteiger partial charge is 0.233 e. The van der Waals surface area contributed by atoms with E-state index in [0.29, 0.717) is 18.9 Å². The maximum atomic E-state index is 11.6. The SMILES string of the molecule is C=C/C=c1\c(=C/C)nc(N)c2nc(CCCC)n(CCCCNC(=O)CNC)c12. The van der Waals surface area contributed by atoms with Crippen LogP contribution in [0.5, 0.6) is 0 Å². The van der Waals surface area contributed by atoms with Crippen LogP contribution in [0, 0.1) is 0 Å². The molecule has 2 aromatic heterocycles. The Balaban J connectivity index is 2.37. The molecule has 0 saturated carbocycles. The Morgan fingerprint density at radius 3 is 2.72 bits per heavy atom. The molecule has 0 saturated heterocycles. The van der Waals surface area contributed by atoms with Crippen molar-refractivity contribution in [2.24, 2.45) is 0 Å². The lowest BCUT2D eigenvalue weighted by molar-refractivity contribution is -0.120. The highest BCUT2D eigenvalue weighted by Crippen LogP contribution is 2.18. The summed E-state index contributed by atoms with van der Waals surface area (Å²) in [6.45, 7) is 9.83. The van der Waals surface area contributed by atoms with Crippen molar-refractivity contribution in [3.8, 4) is 0 Å². The van der Waals surface area contributed by atoms with Crippen LogP contribution in [0.2, 0.25) is 0 Å². The molecule has 29 heavy (non-hydrogen) atoms. The first-order valence-electron chi connectivity index (χ1n) is 10.4. The summed E-state index contributed by atoms with van der Waals surface area (Å²) in [7, 11) is 1.77. The Morgan fingerprint density at radius 2 is 2.07 bits per heavy atom. The number of nitrogens with zero attached hydrogens (tertiary/aromatic N) is 3. The summed E-state index contributed by atoms with van der Waals surface area (Å²) in [4.78, 5) is 21.0. The average Bonchev–Trinajstić information content (AvgIpc) is 3.07. The van der Waals surface area contributed by atoms with Gasteiger partial charge in [-0.25, -0.2) is 9.97 Å². The minimum Gasteiger partial charge on any atom is -0.382 e. The van der Waals surface area contributed by atoms with E-state index in [0.717, 1.165) is 66.1 Å². The van der Waals surface area contributed by atoms with Crippen molar-refractivity contribution < 1.29 is 4.79 Å². The maximum absolute atomic E-state index is 11.6. The van der Waals surface area contributed by atoms with E-state index in [2.05, 4.69) is 33.7 Å². The Hall–Kier alpha value is -2.67. The van der Waals surface area contributed by atoms with Gasteiger partial charge in [-0.2, -0.15) is 0 Å². The maximum Gasteiger partial charge on any atom is 0.233 e. The van der Waals surface area contributed by atoms with Gasteiger partial charge in [-0.1, -0.05) is 38.2 Å². The molecule has 0 aliphatic carbocycles. The van der Waals surface area contributed by atoms with Gasteiger partial charge in [0.2, 0.25) is 5.91 Å². The number of nitrogens with one attached hydrogen (secondary N) is 2. The molecule has 0 aliphatic rings. The van der Waals surface area contributed by atoms with Crippen molar-refractivity contribution in [1.29, 1.82) is 0 Å². The van der Waals surface area contributed by atoms with Gasteiger partial charge < -0.3 is 20.9 Å². The second-order valence-electron chi connectivity index (χ2n) is 7.05. The summed E-state index contributed by atoms with van der Waals surface area (Å²) in [6, 6.07) is 0. The second kappa shape index (κ2) is 11.4. The van der Waals surface area contributed by atoms with E-state index in [1.807, 2.05) is 19.1 Å². The number of aromatic nitrogens is 3. The van der Waals surface area contributed by atoms with E-state index in [1.54, 1.807) is 13.1 Å². The number of fused-ring (bicyclic) bond motifs is 1. The highest BCUT2D eigenvalue weighted by molar-refractivity contribution is 5.86. The summed E-state index contributed by atoms with van der Waals surface area (Å²) >= 11 is 0. The fraction of sp³-hybridized carbons (Fsp3) is 0.500. The number of rotatable bonds is 11. The van der Waals surface area contributed by atoms with E-state index in [-0.39, 0.29) is 5.91 Å². The van der Waals surface area contributed by atoms with Crippen LogP contribution >= 0.6 is 0 Å². The molecule has 0 radical (unpaired) electrons. The van der Waals surface area contributed by atoms with Gasteiger partial charge in [0.15, 0.2) is 5.82 Å². The molecular formula is C22H34N6O. The summed E-state index contributed by atoms with van der Waals surface area (Å²) in [5.74, 6) is 1.53. The molecule has 2 aromatic rings. The molecule has 4 N–H and O–H groups in total. The lowest BCUT2D eigenvalue weighted by Crippen LogP contribution is -2.33. The van der Waals surface area contributed by atoms with Crippen molar-refractivity contribution in [3.05, 3.63) is 29.0 Å². The summed E-state index contributed by atoms with van der Waals surface area (Å²) in [5.41, 5.74) is 8.03. The Kier molecular flexibility index (Phi) is 8.86. The average molecular weight is 399 g/mol. The van der Waals surface area contributed by atoms with Gasteiger partial charge in [0.25, 0.3) is 0 Å². The first kappa shape index (κ1) is 22.6. The largest absolute Gasteiger partial charge is 0.382 e. The molecule has 1 amide bonds. The monoisotopic (exact) mass is 398 g/mol. The van der Waals surface area contributed by atoms with Gasteiger partial charge in [-0.05, 0) is 33.2 Å². The lowest BCUT2D eigenvalue weighted by atomic mass is 10.2. The first-order chi connectivity index (χ1) is 14.1. The number of carbonyl (C=O) groups excluding carboxylic acids is 1. The van der Waals surface area contributed by atoms with E-state index in [9.17, 15) is 4.79 Å². The number of imidazole rings is 1. The summed E-state index contributed by atoms with van der Waals surface area (Å²) in [5, 5.41) is 7.63. The fourth-order valence-corrected chi connectivity index (χ4v) is 3.43. The third-order valence-electron chi connectivity index (χ3n) is 4.84. The normalized spacial score (nSPS) is 12.7. The molecule has 2 heterocycles. The van der Waals surface area contributed by atoms with Crippen LogP contribution in [-0.2, 0) is 17.8 Å². The molecule has 0 unspecified atom stereocenters. The van der Waals surface area contributed by atoms with Gasteiger partial charge in [-0.3, -0.25) is 4.79 Å². The van der Waals surface area contributed by atoms with Crippen molar-refractivity contribution in [3.63, 3.8) is 0 Å². The predicted octanol–water partition coefficient (Wildman–Crippen LogP) is 1.24. The van der Waals surface area contributed by atoms with E-state index >= 15 is 0 Å². The Morgan fingerprint density at radius 1 is 1.28 bits per heavy atom. The number of hydrogen-bond acceptors (Lipinski definition) is 5. The van der Waals surface area contributed by atoms with E-state index < -0.39 is 0 Å². The zero-order valence-corrected chi connectivity index (χ0v) is 17.9. The van der Waals surface area contributed by atoms with Crippen molar-refractivity contribution in [1.82, 2.24) is 25.2 Å². The highest BCUT2D eigenvalue weighted by Gasteiger charge is 2.15. The molecule has 7 heteroatoms. The van der Waals surface area contributed by atoms with Gasteiger partial charge >= 0.3 is 0 Å². The third kappa shape index (κ3) is 5.67. The molecule has 158 valence electrons. The van der Waals surface area contributed by atoms with Crippen molar-refractivity contribution in [2.45, 2.75) is 52.5 Å². The van der Waals surface area contributed by atoms with Crippen LogP contribution in [0.4, 0.5) is 5.82 Å². The highest BCUT2D eigenvalue weighted by atomic mass is 16.1. The standard InChI is InChI=1S/C22H34N6O/c1-5-8-12-18-27-20-21(16(11-6-2)17(7-3)26-22(20)23)28(18)14-10-9-13-25-19(29)15-24-4/h6-7,11,24H,2,5,8-10,12-15H2,1,3-4H3,(H2,23,26)(H,25,29)/b16-11+,17-7+. The number of unbranched alkanes of at least 4 members (excludes halogenated alkanes) is 2. The Labute approximate surface area is 172 Å². The number of likely N-dealkylation sites (N-methyl/N-ethyl adjacent to an activating group) is 1. The summed E-state index contributed by atoms with van der Waals surface area (Å²) < 4.78 is 2.28. The van der Waals surface area contributed by atoms with E-state index in [4.69, 9.17) is 10.7 Å². The van der Waals surface area contributed by atoms with Crippen molar-refractivity contribution >= 4 is 34.9 Å². The van der Waals surface area contributed by atoms with Crippen LogP contribution in [0.25, 0.3) is 23.2 Å². The number of hydrogen-bond donors (Lipinski definition) is 3. The van der Waals surface area contributed by atoms with Crippen LogP contribution < -0.4 is 26.9 Å². The number of amides is 1. The molecular weight excluding hydrogens is 364 g/mol.